The average Bonchev–Trinajstić information content (AvgIpc) is 2.26. The van der Waals surface area contributed by atoms with E-state index in [4.69, 9.17) is 10.5 Å². The Morgan fingerprint density at radius 3 is 2.94 bits per heavy atom. The Bertz CT molecular complexity index is 300. The van der Waals surface area contributed by atoms with E-state index in [1.165, 1.54) is 0 Å². The predicted octanol–water partition coefficient (Wildman–Crippen LogP) is 2.65. The van der Waals surface area contributed by atoms with E-state index in [0.29, 0.717) is 12.3 Å². The third kappa shape index (κ3) is 4.37. The Hall–Kier alpha value is -0.810. The highest BCUT2D eigenvalue weighted by molar-refractivity contribution is 9.10. The number of halogens is 1. The molecule has 4 nitrogen and oxygen atoms in total. The van der Waals surface area contributed by atoms with Crippen molar-refractivity contribution in [2.45, 2.75) is 19.8 Å². The molecule has 1 aromatic rings. The van der Waals surface area contributed by atoms with Crippen molar-refractivity contribution in [2.24, 2.45) is 0 Å². The highest BCUT2D eigenvalue weighted by Gasteiger charge is 2.03. The quantitative estimate of drug-likeness (QED) is 0.757. The van der Waals surface area contributed by atoms with Crippen LogP contribution in [0.5, 0.6) is 0 Å². The summed E-state index contributed by atoms with van der Waals surface area (Å²) in [6, 6.07) is 0. The molecule has 0 aliphatic carbocycles. The molecule has 1 rings (SSSR count). The molecule has 1 heterocycles. The fourth-order valence-corrected chi connectivity index (χ4v) is 1.72. The Kier molecular flexibility index (Phi) is 6.18. The van der Waals surface area contributed by atoms with Gasteiger partial charge in [-0.2, -0.15) is 0 Å². The summed E-state index contributed by atoms with van der Waals surface area (Å²) in [5.41, 5.74) is 7.31. The zero-order valence-electron chi connectivity index (χ0n) is 9.50. The first-order valence-corrected chi connectivity index (χ1v) is 6.25. The molecule has 5 heteroatoms. The van der Waals surface area contributed by atoms with E-state index >= 15 is 0 Å². The van der Waals surface area contributed by atoms with E-state index in [2.05, 4.69) is 33.2 Å². The Balaban J connectivity index is 2.26. The van der Waals surface area contributed by atoms with Gasteiger partial charge >= 0.3 is 0 Å². The normalized spacial score (nSPS) is 10.4. The summed E-state index contributed by atoms with van der Waals surface area (Å²) in [5.74, 6) is 0. The number of nitrogens with two attached hydrogens (primary N) is 1. The van der Waals surface area contributed by atoms with Crippen LogP contribution in [0.25, 0.3) is 0 Å². The molecule has 0 bridgehead atoms. The molecule has 0 saturated carbocycles. The maximum absolute atomic E-state index is 5.79. The summed E-state index contributed by atoms with van der Waals surface area (Å²) in [6.45, 7) is 4.41. The molecule has 0 unspecified atom stereocenters. The van der Waals surface area contributed by atoms with Crippen LogP contribution in [0.3, 0.4) is 0 Å². The number of nitrogen functional groups attached to an aromatic ring is 1. The monoisotopic (exact) mass is 287 g/mol. The standard InChI is InChI=1S/C11H18BrN3O/c1-2-3-5-16-6-4-15-11-9(12)7-14-8-10(11)13/h7-8H,2-6,13H2,1H3,(H,14,15). The number of nitrogens with zero attached hydrogens (tertiary/aromatic N) is 1. The van der Waals surface area contributed by atoms with Gasteiger partial charge in [0.15, 0.2) is 0 Å². The zero-order chi connectivity index (χ0) is 11.8. The summed E-state index contributed by atoms with van der Waals surface area (Å²) < 4.78 is 6.32. The molecule has 1 aromatic heterocycles. The van der Waals surface area contributed by atoms with E-state index in [0.717, 1.165) is 36.2 Å². The van der Waals surface area contributed by atoms with Gasteiger partial charge in [-0.3, -0.25) is 4.98 Å². The van der Waals surface area contributed by atoms with Gasteiger partial charge in [-0.1, -0.05) is 13.3 Å². The molecule has 0 fully saturated rings. The lowest BCUT2D eigenvalue weighted by Gasteiger charge is -2.10. The van der Waals surface area contributed by atoms with Crippen LogP contribution in [-0.4, -0.2) is 24.7 Å². The van der Waals surface area contributed by atoms with E-state index < -0.39 is 0 Å². The van der Waals surface area contributed by atoms with Crippen LogP contribution in [0, 0.1) is 0 Å². The van der Waals surface area contributed by atoms with Gasteiger partial charge in [0.05, 0.1) is 28.7 Å². The molecule has 0 radical (unpaired) electrons. The summed E-state index contributed by atoms with van der Waals surface area (Å²) in [5, 5.41) is 3.22. The SMILES string of the molecule is CCCCOCCNc1c(N)cncc1Br. The number of unbranched alkanes of at least 4 members (excludes halogenated alkanes) is 1. The minimum absolute atomic E-state index is 0.642. The average molecular weight is 288 g/mol. The number of aromatic nitrogens is 1. The largest absolute Gasteiger partial charge is 0.396 e. The molecular formula is C11H18BrN3O. The number of hydrogen-bond acceptors (Lipinski definition) is 4. The first-order valence-electron chi connectivity index (χ1n) is 5.46. The lowest BCUT2D eigenvalue weighted by Crippen LogP contribution is -2.11. The molecular weight excluding hydrogens is 270 g/mol. The number of rotatable bonds is 7. The topological polar surface area (TPSA) is 60.2 Å². The molecule has 0 atom stereocenters. The fourth-order valence-electron chi connectivity index (χ4n) is 1.23. The first-order chi connectivity index (χ1) is 7.75. The predicted molar refractivity (Wildman–Crippen MR) is 70.6 cm³/mol. The van der Waals surface area contributed by atoms with Crippen molar-refractivity contribution < 1.29 is 4.74 Å². The smallest absolute Gasteiger partial charge is 0.0750 e. The van der Waals surface area contributed by atoms with Gasteiger partial charge in [-0.15, -0.1) is 0 Å². The second-order valence-corrected chi connectivity index (χ2v) is 4.33. The Labute approximate surface area is 105 Å². The van der Waals surface area contributed by atoms with Crippen LogP contribution in [0.2, 0.25) is 0 Å². The number of ether oxygens (including phenoxy) is 1. The van der Waals surface area contributed by atoms with Crippen LogP contribution in [0.1, 0.15) is 19.8 Å². The van der Waals surface area contributed by atoms with Crippen LogP contribution < -0.4 is 11.1 Å². The van der Waals surface area contributed by atoms with Gasteiger partial charge < -0.3 is 15.8 Å². The number of anilines is 2. The molecule has 0 aromatic carbocycles. The molecule has 90 valence electrons. The summed E-state index contributed by atoms with van der Waals surface area (Å²) in [7, 11) is 0. The molecule has 0 aliphatic rings. The zero-order valence-corrected chi connectivity index (χ0v) is 11.1. The maximum Gasteiger partial charge on any atom is 0.0750 e. The van der Waals surface area contributed by atoms with Gasteiger partial charge in [0.2, 0.25) is 0 Å². The third-order valence-electron chi connectivity index (χ3n) is 2.12. The minimum atomic E-state index is 0.642. The van der Waals surface area contributed by atoms with Crippen molar-refractivity contribution in [3.63, 3.8) is 0 Å². The molecule has 16 heavy (non-hydrogen) atoms. The number of hydrogen-bond donors (Lipinski definition) is 2. The van der Waals surface area contributed by atoms with E-state index in [1.807, 2.05) is 0 Å². The van der Waals surface area contributed by atoms with E-state index in [-0.39, 0.29) is 0 Å². The van der Waals surface area contributed by atoms with E-state index in [9.17, 15) is 0 Å². The highest BCUT2D eigenvalue weighted by Crippen LogP contribution is 2.26. The lowest BCUT2D eigenvalue weighted by atomic mass is 10.3. The van der Waals surface area contributed by atoms with Crippen molar-refractivity contribution in [1.29, 1.82) is 0 Å². The van der Waals surface area contributed by atoms with Gasteiger partial charge in [0.25, 0.3) is 0 Å². The van der Waals surface area contributed by atoms with E-state index in [1.54, 1.807) is 12.4 Å². The summed E-state index contributed by atoms with van der Waals surface area (Å²) in [6.07, 6.45) is 5.62. The molecule has 0 amide bonds. The van der Waals surface area contributed by atoms with Gasteiger partial charge in [0.1, 0.15) is 0 Å². The second-order valence-electron chi connectivity index (χ2n) is 3.48. The maximum atomic E-state index is 5.79. The first kappa shape index (κ1) is 13.3. The summed E-state index contributed by atoms with van der Waals surface area (Å²) in [4.78, 5) is 3.97. The van der Waals surface area contributed by atoms with Gasteiger partial charge in [-0.05, 0) is 22.4 Å². The van der Waals surface area contributed by atoms with Crippen molar-refractivity contribution in [3.8, 4) is 0 Å². The minimum Gasteiger partial charge on any atom is -0.396 e. The van der Waals surface area contributed by atoms with Crippen LogP contribution in [0.15, 0.2) is 16.9 Å². The van der Waals surface area contributed by atoms with Crippen LogP contribution in [0.4, 0.5) is 11.4 Å². The molecule has 0 spiro atoms. The highest BCUT2D eigenvalue weighted by atomic mass is 79.9. The Morgan fingerprint density at radius 2 is 2.25 bits per heavy atom. The van der Waals surface area contributed by atoms with Crippen molar-refractivity contribution in [2.75, 3.05) is 30.8 Å². The molecule has 0 saturated heterocycles. The lowest BCUT2D eigenvalue weighted by molar-refractivity contribution is 0.141. The fraction of sp³-hybridized carbons (Fsp3) is 0.545. The number of pyridine rings is 1. The summed E-state index contributed by atoms with van der Waals surface area (Å²) >= 11 is 3.40. The number of nitrogens with one attached hydrogen (secondary N) is 1. The van der Waals surface area contributed by atoms with Crippen molar-refractivity contribution >= 4 is 27.3 Å². The third-order valence-corrected chi connectivity index (χ3v) is 2.72. The Morgan fingerprint density at radius 1 is 1.44 bits per heavy atom. The van der Waals surface area contributed by atoms with Crippen LogP contribution >= 0.6 is 15.9 Å². The van der Waals surface area contributed by atoms with Crippen LogP contribution in [-0.2, 0) is 4.74 Å². The van der Waals surface area contributed by atoms with Gasteiger partial charge in [0, 0.05) is 19.3 Å². The van der Waals surface area contributed by atoms with Crippen molar-refractivity contribution in [3.05, 3.63) is 16.9 Å². The second kappa shape index (κ2) is 7.46. The molecule has 0 aliphatic heterocycles. The molecule has 3 N–H and O–H groups in total. The van der Waals surface area contributed by atoms with Gasteiger partial charge in [-0.25, -0.2) is 0 Å². The van der Waals surface area contributed by atoms with Crippen molar-refractivity contribution in [1.82, 2.24) is 4.98 Å².